The molecule has 0 bridgehead atoms. The standard InChI is InChI=1S/C20H25NO/c21-16-20(18-9-5-2-6-10-18)13-11-19(12-14-20)22-15-17-7-3-1-4-8-17/h1-10,19H,11-16,21H2/t19-,20-. The molecule has 0 unspecified atom stereocenters. The molecule has 1 saturated carbocycles. The largest absolute Gasteiger partial charge is 0.374 e. The van der Waals surface area contributed by atoms with Gasteiger partial charge in [0.1, 0.15) is 0 Å². The van der Waals surface area contributed by atoms with Gasteiger partial charge in [-0.25, -0.2) is 0 Å². The molecule has 3 rings (SSSR count). The number of benzene rings is 2. The average molecular weight is 295 g/mol. The Morgan fingerprint density at radius 1 is 0.909 bits per heavy atom. The molecule has 0 heterocycles. The van der Waals surface area contributed by atoms with E-state index in [1.54, 1.807) is 0 Å². The number of ether oxygens (including phenoxy) is 1. The summed E-state index contributed by atoms with van der Waals surface area (Å²) in [6.45, 7) is 1.44. The number of rotatable bonds is 5. The van der Waals surface area contributed by atoms with Crippen molar-refractivity contribution in [2.24, 2.45) is 5.73 Å². The summed E-state index contributed by atoms with van der Waals surface area (Å²) in [5.41, 5.74) is 8.93. The minimum atomic E-state index is 0.147. The first-order valence-corrected chi connectivity index (χ1v) is 8.23. The van der Waals surface area contributed by atoms with E-state index in [1.807, 2.05) is 6.07 Å². The van der Waals surface area contributed by atoms with Gasteiger partial charge in [0.2, 0.25) is 0 Å². The fourth-order valence-electron chi connectivity index (χ4n) is 3.50. The van der Waals surface area contributed by atoms with Crippen molar-refractivity contribution in [3.63, 3.8) is 0 Å². The van der Waals surface area contributed by atoms with Crippen LogP contribution in [0.4, 0.5) is 0 Å². The molecule has 22 heavy (non-hydrogen) atoms. The van der Waals surface area contributed by atoms with Crippen molar-refractivity contribution in [1.82, 2.24) is 0 Å². The fourth-order valence-corrected chi connectivity index (χ4v) is 3.50. The topological polar surface area (TPSA) is 35.2 Å². The van der Waals surface area contributed by atoms with Crippen LogP contribution in [-0.4, -0.2) is 12.6 Å². The summed E-state index contributed by atoms with van der Waals surface area (Å²) >= 11 is 0. The molecule has 2 N–H and O–H groups in total. The van der Waals surface area contributed by atoms with Crippen LogP contribution in [0.15, 0.2) is 60.7 Å². The lowest BCUT2D eigenvalue weighted by molar-refractivity contribution is 0.00248. The number of hydrogen-bond donors (Lipinski definition) is 1. The molecule has 2 nitrogen and oxygen atoms in total. The zero-order valence-corrected chi connectivity index (χ0v) is 13.1. The third-order valence-electron chi connectivity index (χ3n) is 5.00. The Morgan fingerprint density at radius 2 is 1.50 bits per heavy atom. The van der Waals surface area contributed by atoms with E-state index in [1.165, 1.54) is 11.1 Å². The predicted octanol–water partition coefficient (Wildman–Crippen LogP) is 4.04. The predicted molar refractivity (Wildman–Crippen MR) is 90.7 cm³/mol. The van der Waals surface area contributed by atoms with Crippen molar-refractivity contribution < 1.29 is 4.74 Å². The number of nitrogens with two attached hydrogens (primary N) is 1. The van der Waals surface area contributed by atoms with Gasteiger partial charge in [0.15, 0.2) is 0 Å². The van der Waals surface area contributed by atoms with Crippen LogP contribution in [0, 0.1) is 0 Å². The van der Waals surface area contributed by atoms with Crippen LogP contribution in [0.3, 0.4) is 0 Å². The molecule has 2 aromatic rings. The van der Waals surface area contributed by atoms with E-state index in [-0.39, 0.29) is 5.41 Å². The Hall–Kier alpha value is -1.64. The van der Waals surface area contributed by atoms with Crippen molar-refractivity contribution in [1.29, 1.82) is 0 Å². The summed E-state index contributed by atoms with van der Waals surface area (Å²) in [6.07, 6.45) is 4.79. The third-order valence-corrected chi connectivity index (χ3v) is 5.00. The van der Waals surface area contributed by atoms with Crippen molar-refractivity contribution >= 4 is 0 Å². The van der Waals surface area contributed by atoms with Gasteiger partial charge < -0.3 is 10.5 Å². The maximum atomic E-state index is 6.14. The van der Waals surface area contributed by atoms with Crippen molar-refractivity contribution in [3.05, 3.63) is 71.8 Å². The minimum absolute atomic E-state index is 0.147. The van der Waals surface area contributed by atoms with Gasteiger partial charge in [-0.3, -0.25) is 0 Å². The van der Waals surface area contributed by atoms with Crippen molar-refractivity contribution in [3.8, 4) is 0 Å². The Kier molecular flexibility index (Phi) is 4.91. The SMILES string of the molecule is NC[C@]1(c2ccccc2)CC[C@H](OCc2ccccc2)CC1. The molecule has 2 heteroatoms. The Morgan fingerprint density at radius 3 is 2.09 bits per heavy atom. The lowest BCUT2D eigenvalue weighted by Crippen LogP contribution is -2.40. The Balaban J connectivity index is 1.57. The molecule has 0 atom stereocenters. The Bertz CT molecular complexity index is 559. The van der Waals surface area contributed by atoms with Gasteiger partial charge in [-0.2, -0.15) is 0 Å². The second-order valence-corrected chi connectivity index (χ2v) is 6.35. The molecule has 116 valence electrons. The minimum Gasteiger partial charge on any atom is -0.374 e. The van der Waals surface area contributed by atoms with Crippen LogP contribution in [-0.2, 0) is 16.8 Å². The molecule has 1 fully saturated rings. The van der Waals surface area contributed by atoms with Crippen LogP contribution in [0.25, 0.3) is 0 Å². The highest BCUT2D eigenvalue weighted by molar-refractivity contribution is 5.26. The number of hydrogen-bond acceptors (Lipinski definition) is 2. The van der Waals surface area contributed by atoms with Crippen LogP contribution < -0.4 is 5.73 Å². The van der Waals surface area contributed by atoms with E-state index in [0.717, 1.165) is 32.2 Å². The summed E-state index contributed by atoms with van der Waals surface area (Å²) in [4.78, 5) is 0. The summed E-state index contributed by atoms with van der Waals surface area (Å²) < 4.78 is 6.10. The fraction of sp³-hybridized carbons (Fsp3) is 0.400. The smallest absolute Gasteiger partial charge is 0.0720 e. The van der Waals surface area contributed by atoms with Gasteiger partial charge in [-0.1, -0.05) is 60.7 Å². The maximum Gasteiger partial charge on any atom is 0.0720 e. The molecular formula is C20H25NO. The molecule has 0 aliphatic heterocycles. The van der Waals surface area contributed by atoms with Crippen molar-refractivity contribution in [2.45, 2.75) is 43.8 Å². The van der Waals surface area contributed by atoms with Crippen LogP contribution in [0.1, 0.15) is 36.8 Å². The van der Waals surface area contributed by atoms with E-state index in [0.29, 0.717) is 12.7 Å². The molecule has 0 amide bonds. The van der Waals surface area contributed by atoms with E-state index in [4.69, 9.17) is 10.5 Å². The summed E-state index contributed by atoms with van der Waals surface area (Å²) in [5.74, 6) is 0. The van der Waals surface area contributed by atoms with Gasteiger partial charge >= 0.3 is 0 Å². The van der Waals surface area contributed by atoms with Crippen molar-refractivity contribution in [2.75, 3.05) is 6.54 Å². The second kappa shape index (κ2) is 7.08. The summed E-state index contributed by atoms with van der Waals surface area (Å²) in [5, 5.41) is 0. The van der Waals surface area contributed by atoms with E-state index in [9.17, 15) is 0 Å². The van der Waals surface area contributed by atoms with Gasteiger partial charge in [0.25, 0.3) is 0 Å². The molecule has 0 spiro atoms. The summed E-state index contributed by atoms with van der Waals surface area (Å²) in [7, 11) is 0. The molecule has 0 radical (unpaired) electrons. The molecule has 0 aromatic heterocycles. The first-order valence-electron chi connectivity index (χ1n) is 8.23. The van der Waals surface area contributed by atoms with E-state index < -0.39 is 0 Å². The molecule has 1 aliphatic carbocycles. The zero-order chi connectivity index (χ0) is 15.3. The quantitative estimate of drug-likeness (QED) is 0.903. The zero-order valence-electron chi connectivity index (χ0n) is 13.1. The Labute approximate surface area is 133 Å². The highest BCUT2D eigenvalue weighted by Crippen LogP contribution is 2.39. The monoisotopic (exact) mass is 295 g/mol. The third kappa shape index (κ3) is 3.40. The first kappa shape index (κ1) is 15.3. The van der Waals surface area contributed by atoms with Crippen LogP contribution in [0.5, 0.6) is 0 Å². The highest BCUT2D eigenvalue weighted by Gasteiger charge is 2.35. The molecular weight excluding hydrogens is 270 g/mol. The molecule has 2 aromatic carbocycles. The van der Waals surface area contributed by atoms with Gasteiger partial charge in [-0.05, 0) is 36.8 Å². The van der Waals surface area contributed by atoms with E-state index >= 15 is 0 Å². The van der Waals surface area contributed by atoms with E-state index in [2.05, 4.69) is 54.6 Å². The summed E-state index contributed by atoms with van der Waals surface area (Å²) in [6, 6.07) is 21.2. The van der Waals surface area contributed by atoms with Crippen LogP contribution >= 0.6 is 0 Å². The normalized spacial score (nSPS) is 25.0. The lowest BCUT2D eigenvalue weighted by Gasteiger charge is -2.40. The van der Waals surface area contributed by atoms with Gasteiger partial charge in [0.05, 0.1) is 12.7 Å². The lowest BCUT2D eigenvalue weighted by atomic mass is 9.69. The van der Waals surface area contributed by atoms with Crippen LogP contribution in [0.2, 0.25) is 0 Å². The van der Waals surface area contributed by atoms with Gasteiger partial charge in [-0.15, -0.1) is 0 Å². The maximum absolute atomic E-state index is 6.14. The average Bonchev–Trinajstić information content (AvgIpc) is 2.62. The molecule has 1 aliphatic rings. The highest BCUT2D eigenvalue weighted by atomic mass is 16.5. The molecule has 0 saturated heterocycles. The second-order valence-electron chi connectivity index (χ2n) is 6.35. The van der Waals surface area contributed by atoms with Gasteiger partial charge in [0, 0.05) is 12.0 Å². The first-order chi connectivity index (χ1) is 10.8.